The summed E-state index contributed by atoms with van der Waals surface area (Å²) in [7, 11) is 0. The van der Waals surface area contributed by atoms with E-state index in [4.69, 9.17) is 10.8 Å². The number of hydrogen-bond acceptors (Lipinski definition) is 4. The summed E-state index contributed by atoms with van der Waals surface area (Å²) in [6.07, 6.45) is 0. The van der Waals surface area contributed by atoms with Crippen molar-refractivity contribution in [1.82, 2.24) is 10.6 Å². The number of nitrogens with two attached hydrogens (primary N) is 1. The highest BCUT2D eigenvalue weighted by Gasteiger charge is 2.28. The Morgan fingerprint density at radius 2 is 1.89 bits per heavy atom. The largest absolute Gasteiger partial charge is 0.390 e. The zero-order chi connectivity index (χ0) is 14.3. The number of nitrogens with one attached hydrogen (secondary N) is 2. The van der Waals surface area contributed by atoms with E-state index in [1.807, 2.05) is 5.32 Å². The Balaban J connectivity index is 3.95. The van der Waals surface area contributed by atoms with Crippen LogP contribution in [0.3, 0.4) is 0 Å². The fourth-order valence-corrected chi connectivity index (χ4v) is 0.934. The molecule has 0 aliphatic heterocycles. The molecule has 106 valence electrons. The fourth-order valence-electron chi connectivity index (χ4n) is 0.934. The molecular weight excluding hydrogens is 248 g/mol. The van der Waals surface area contributed by atoms with Crippen molar-refractivity contribution in [2.24, 2.45) is 11.7 Å². The van der Waals surface area contributed by atoms with Gasteiger partial charge in [0.25, 0.3) is 5.92 Å². The van der Waals surface area contributed by atoms with Gasteiger partial charge in [-0.05, 0) is 5.92 Å². The molecule has 2 amide bonds. The number of aliphatic hydroxyl groups excluding tert-OH is 1. The third-order valence-electron chi connectivity index (χ3n) is 2.22. The van der Waals surface area contributed by atoms with Crippen LogP contribution in [0.15, 0.2) is 0 Å². The average molecular weight is 267 g/mol. The molecule has 18 heavy (non-hydrogen) atoms. The molecule has 0 aromatic carbocycles. The molecule has 0 aromatic rings. The van der Waals surface area contributed by atoms with E-state index in [1.165, 1.54) is 0 Å². The normalized spacial score (nSPS) is 13.3. The second-order valence-corrected chi connectivity index (χ2v) is 4.28. The molecule has 0 bridgehead atoms. The van der Waals surface area contributed by atoms with E-state index in [2.05, 4.69) is 5.32 Å². The molecule has 5 N–H and O–H groups in total. The van der Waals surface area contributed by atoms with E-state index in [9.17, 15) is 18.4 Å². The highest BCUT2D eigenvalue weighted by Crippen LogP contribution is 2.09. The van der Waals surface area contributed by atoms with Crippen molar-refractivity contribution in [3.8, 4) is 0 Å². The minimum Gasteiger partial charge on any atom is -0.390 e. The van der Waals surface area contributed by atoms with Gasteiger partial charge in [0.2, 0.25) is 11.8 Å². The van der Waals surface area contributed by atoms with Crippen molar-refractivity contribution in [3.05, 3.63) is 0 Å². The van der Waals surface area contributed by atoms with Gasteiger partial charge < -0.3 is 21.5 Å². The highest BCUT2D eigenvalue weighted by atomic mass is 19.3. The topological polar surface area (TPSA) is 104 Å². The summed E-state index contributed by atoms with van der Waals surface area (Å²) in [5.74, 6) is -4.75. The summed E-state index contributed by atoms with van der Waals surface area (Å²) >= 11 is 0. The van der Waals surface area contributed by atoms with Crippen LogP contribution in [0.25, 0.3) is 0 Å². The van der Waals surface area contributed by atoms with Crippen LogP contribution in [0.2, 0.25) is 0 Å². The third kappa shape index (κ3) is 6.45. The van der Waals surface area contributed by atoms with E-state index >= 15 is 0 Å². The number of aliphatic hydroxyl groups is 1. The van der Waals surface area contributed by atoms with Crippen LogP contribution in [0.5, 0.6) is 0 Å². The molecular formula is C10H19F2N3O3. The maximum atomic E-state index is 12.6. The van der Waals surface area contributed by atoms with Crippen LogP contribution in [0.1, 0.15) is 13.8 Å². The van der Waals surface area contributed by atoms with Gasteiger partial charge in [-0.25, -0.2) is 8.78 Å². The fraction of sp³-hybridized carbons (Fsp3) is 0.800. The first-order valence-electron chi connectivity index (χ1n) is 5.48. The van der Waals surface area contributed by atoms with Crippen LogP contribution in [0, 0.1) is 5.92 Å². The minimum atomic E-state index is -3.37. The molecule has 0 heterocycles. The zero-order valence-corrected chi connectivity index (χ0v) is 10.4. The van der Waals surface area contributed by atoms with Crippen molar-refractivity contribution in [1.29, 1.82) is 0 Å². The predicted octanol–water partition coefficient (Wildman–Crippen LogP) is -1.17. The Bertz CT molecular complexity index is 298. The maximum absolute atomic E-state index is 12.6. The molecule has 0 aliphatic carbocycles. The number of amides is 2. The molecule has 0 saturated carbocycles. The summed E-state index contributed by atoms with van der Waals surface area (Å²) < 4.78 is 25.1. The van der Waals surface area contributed by atoms with Gasteiger partial charge in [0.15, 0.2) is 0 Å². The molecule has 0 rings (SSSR count). The lowest BCUT2D eigenvalue weighted by Crippen LogP contribution is -2.48. The first-order chi connectivity index (χ1) is 8.19. The highest BCUT2D eigenvalue weighted by molar-refractivity contribution is 5.87. The van der Waals surface area contributed by atoms with E-state index in [0.717, 1.165) is 0 Å². The Morgan fingerprint density at radius 1 is 1.33 bits per heavy atom. The lowest BCUT2D eigenvalue weighted by atomic mass is 10.1. The van der Waals surface area contributed by atoms with Crippen LogP contribution in [-0.2, 0) is 9.59 Å². The summed E-state index contributed by atoms with van der Waals surface area (Å²) in [5.41, 5.74) is 5.51. The monoisotopic (exact) mass is 267 g/mol. The molecule has 8 heteroatoms. The maximum Gasteiger partial charge on any atom is 0.287 e. The summed E-state index contributed by atoms with van der Waals surface area (Å²) in [4.78, 5) is 22.5. The molecule has 0 saturated heterocycles. The van der Waals surface area contributed by atoms with Gasteiger partial charge in [-0.1, -0.05) is 13.8 Å². The number of carbonyl (C=O) groups excluding carboxylic acids is 2. The number of carbonyl (C=O) groups is 2. The SMILES string of the molecule is CC(C)[C@H](N)C(=O)NCC(=O)NCC(F)(F)CO. The number of halogens is 2. The van der Waals surface area contributed by atoms with Crippen molar-refractivity contribution < 1.29 is 23.5 Å². The van der Waals surface area contributed by atoms with Gasteiger partial charge in [-0.3, -0.25) is 9.59 Å². The standard InChI is InChI=1S/C10H19F2N3O3/c1-6(2)8(13)9(18)14-3-7(17)15-4-10(11,12)5-16/h6,8,16H,3-5,13H2,1-2H3,(H,14,18)(H,15,17)/t8-/m0/s1. The van der Waals surface area contributed by atoms with E-state index < -0.39 is 43.5 Å². The summed E-state index contributed by atoms with van der Waals surface area (Å²) in [5, 5.41) is 12.4. The molecule has 0 spiro atoms. The molecule has 6 nitrogen and oxygen atoms in total. The first-order valence-corrected chi connectivity index (χ1v) is 5.48. The summed E-state index contributed by atoms with van der Waals surface area (Å²) in [6.45, 7) is 0.727. The lowest BCUT2D eigenvalue weighted by molar-refractivity contribution is -0.128. The van der Waals surface area contributed by atoms with E-state index in [0.29, 0.717) is 0 Å². The smallest absolute Gasteiger partial charge is 0.287 e. The molecule has 0 unspecified atom stereocenters. The Hall–Kier alpha value is -1.28. The molecule has 0 aliphatic rings. The van der Waals surface area contributed by atoms with Crippen molar-refractivity contribution in [2.75, 3.05) is 19.7 Å². The van der Waals surface area contributed by atoms with Crippen LogP contribution in [0.4, 0.5) is 8.78 Å². The second kappa shape index (κ2) is 7.22. The van der Waals surface area contributed by atoms with Crippen LogP contribution < -0.4 is 16.4 Å². The number of rotatable bonds is 7. The van der Waals surface area contributed by atoms with Crippen molar-refractivity contribution >= 4 is 11.8 Å². The zero-order valence-electron chi connectivity index (χ0n) is 10.4. The van der Waals surface area contributed by atoms with Gasteiger partial charge in [0, 0.05) is 0 Å². The van der Waals surface area contributed by atoms with Crippen molar-refractivity contribution in [3.63, 3.8) is 0 Å². The van der Waals surface area contributed by atoms with Gasteiger partial charge in [-0.15, -0.1) is 0 Å². The molecule has 0 fully saturated rings. The first kappa shape index (κ1) is 16.7. The summed E-state index contributed by atoms with van der Waals surface area (Å²) in [6, 6.07) is -0.753. The molecule has 0 aromatic heterocycles. The van der Waals surface area contributed by atoms with Gasteiger partial charge in [0.1, 0.15) is 6.61 Å². The van der Waals surface area contributed by atoms with Crippen LogP contribution in [-0.4, -0.2) is 48.6 Å². The van der Waals surface area contributed by atoms with Crippen molar-refractivity contribution in [2.45, 2.75) is 25.8 Å². The Labute approximate surface area is 104 Å². The number of alkyl halides is 2. The predicted molar refractivity (Wildman–Crippen MR) is 60.9 cm³/mol. The Kier molecular flexibility index (Phi) is 6.71. The van der Waals surface area contributed by atoms with Gasteiger partial charge in [-0.2, -0.15) is 0 Å². The van der Waals surface area contributed by atoms with Gasteiger partial charge >= 0.3 is 0 Å². The lowest BCUT2D eigenvalue weighted by Gasteiger charge is -2.16. The minimum absolute atomic E-state index is 0.0909. The average Bonchev–Trinajstić information content (AvgIpc) is 2.32. The number of hydrogen-bond donors (Lipinski definition) is 4. The third-order valence-corrected chi connectivity index (χ3v) is 2.22. The van der Waals surface area contributed by atoms with Crippen LogP contribution >= 0.6 is 0 Å². The Morgan fingerprint density at radius 3 is 2.33 bits per heavy atom. The van der Waals surface area contributed by atoms with E-state index in [-0.39, 0.29) is 5.92 Å². The van der Waals surface area contributed by atoms with Gasteiger partial charge in [0.05, 0.1) is 19.1 Å². The molecule has 0 radical (unpaired) electrons. The quantitative estimate of drug-likeness (QED) is 0.466. The van der Waals surface area contributed by atoms with E-state index in [1.54, 1.807) is 13.8 Å². The second-order valence-electron chi connectivity index (χ2n) is 4.28. The molecule has 1 atom stereocenters.